The largest absolute Gasteiger partial charge is 0.464 e. The van der Waals surface area contributed by atoms with Crippen LogP contribution < -0.4 is 15.4 Å². The van der Waals surface area contributed by atoms with Crippen molar-refractivity contribution < 1.29 is 38.1 Å². The smallest absolute Gasteiger partial charge is 0.333 e. The Balaban J connectivity index is 1.65. The summed E-state index contributed by atoms with van der Waals surface area (Å²) in [6, 6.07) is 16.0. The molecular weight excluding hydrogens is 638 g/mol. The molecule has 266 valence electrons. The highest BCUT2D eigenvalue weighted by atomic mass is 16.6. The second-order valence-electron chi connectivity index (χ2n) is 12.2. The van der Waals surface area contributed by atoms with Crippen molar-refractivity contribution in [1.29, 1.82) is 0 Å². The Bertz CT molecular complexity index is 1690. The summed E-state index contributed by atoms with van der Waals surface area (Å²) < 4.78 is 22.1. The second-order valence-corrected chi connectivity index (χ2v) is 12.2. The van der Waals surface area contributed by atoms with E-state index in [2.05, 4.69) is 29.3 Å². The predicted molar refractivity (Wildman–Crippen MR) is 192 cm³/mol. The number of ether oxygens (including phenoxy) is 4. The molecule has 3 aromatic rings. The number of amides is 1. The van der Waals surface area contributed by atoms with Crippen molar-refractivity contribution in [3.63, 3.8) is 0 Å². The SMILES string of the molecule is C=C(C)C(=O)OCCOC(=O)CCC(=O)OCCN(C=O)C1(c2ccccc2C)c2cc(C)c(NCC)cc2Oc2cc(NCC)c(C)cc21. The summed E-state index contributed by atoms with van der Waals surface area (Å²) in [6.45, 7) is 16.2. The van der Waals surface area contributed by atoms with Crippen LogP contribution in [-0.2, 0) is 38.9 Å². The number of hydrogen-bond acceptors (Lipinski definition) is 10. The lowest BCUT2D eigenvalue weighted by Crippen LogP contribution is -2.50. The lowest BCUT2D eigenvalue weighted by atomic mass is 9.71. The first-order valence-electron chi connectivity index (χ1n) is 16.9. The summed E-state index contributed by atoms with van der Waals surface area (Å²) in [6.07, 6.45) is 0.363. The van der Waals surface area contributed by atoms with Gasteiger partial charge in [0.15, 0.2) is 0 Å². The van der Waals surface area contributed by atoms with Gasteiger partial charge in [0.1, 0.15) is 36.9 Å². The molecule has 0 bridgehead atoms. The molecule has 0 atom stereocenters. The standard InChI is InChI=1S/C39H47N3O8/c1-8-40-32-22-34-30(20-27(32)6)39(29-13-11-10-12-26(29)5,31-21-28(7)33(41-9-2)23-35(31)50-34)42(24-43)16-17-47-36(44)14-15-37(45)48-18-19-49-38(46)25(3)4/h10-13,20-24,40-41H,3,8-9,14-19H2,1-2,4-7H3. The van der Waals surface area contributed by atoms with E-state index in [1.807, 2.05) is 71.0 Å². The van der Waals surface area contributed by atoms with Crippen LogP contribution in [0.4, 0.5) is 11.4 Å². The van der Waals surface area contributed by atoms with Gasteiger partial charge in [0.05, 0.1) is 19.4 Å². The van der Waals surface area contributed by atoms with Crippen molar-refractivity contribution in [1.82, 2.24) is 4.90 Å². The molecule has 1 heterocycles. The number of anilines is 2. The molecule has 0 aromatic heterocycles. The molecule has 1 aliphatic rings. The zero-order valence-corrected chi connectivity index (χ0v) is 29.8. The minimum absolute atomic E-state index is 0.0446. The average molecular weight is 686 g/mol. The molecule has 0 fully saturated rings. The molecule has 11 heteroatoms. The predicted octanol–water partition coefficient (Wildman–Crippen LogP) is 6.32. The fourth-order valence-corrected chi connectivity index (χ4v) is 6.19. The Labute approximate surface area is 293 Å². The fraction of sp³-hybridized carbons (Fsp3) is 0.385. The van der Waals surface area contributed by atoms with Gasteiger partial charge in [-0.25, -0.2) is 4.79 Å². The number of carbonyl (C=O) groups excluding carboxylic acids is 4. The number of rotatable bonds is 17. The Kier molecular flexibility index (Phi) is 12.7. The minimum Gasteiger partial charge on any atom is -0.464 e. The number of nitrogens with one attached hydrogen (secondary N) is 2. The lowest BCUT2D eigenvalue weighted by Gasteiger charge is -2.48. The van der Waals surface area contributed by atoms with Crippen LogP contribution in [0, 0.1) is 20.8 Å². The maximum atomic E-state index is 13.3. The van der Waals surface area contributed by atoms with Gasteiger partial charge in [-0.2, -0.15) is 0 Å². The van der Waals surface area contributed by atoms with E-state index >= 15 is 0 Å². The summed E-state index contributed by atoms with van der Waals surface area (Å²) >= 11 is 0. The molecule has 3 aromatic carbocycles. The zero-order valence-electron chi connectivity index (χ0n) is 29.8. The summed E-state index contributed by atoms with van der Waals surface area (Å²) in [7, 11) is 0. The number of carbonyl (C=O) groups is 4. The second kappa shape index (κ2) is 16.9. The van der Waals surface area contributed by atoms with E-state index in [9.17, 15) is 19.2 Å². The maximum absolute atomic E-state index is 13.3. The molecule has 0 spiro atoms. The van der Waals surface area contributed by atoms with Gasteiger partial charge < -0.3 is 34.5 Å². The molecular formula is C39H47N3O8. The van der Waals surface area contributed by atoms with Crippen molar-refractivity contribution in [2.75, 3.05) is 50.1 Å². The minimum atomic E-state index is -1.15. The summed E-state index contributed by atoms with van der Waals surface area (Å²) in [5.74, 6) is -0.615. The molecule has 0 saturated carbocycles. The molecule has 0 aliphatic carbocycles. The van der Waals surface area contributed by atoms with Crippen LogP contribution in [0.15, 0.2) is 60.7 Å². The van der Waals surface area contributed by atoms with E-state index in [1.165, 1.54) is 6.92 Å². The maximum Gasteiger partial charge on any atom is 0.333 e. The number of nitrogens with zero attached hydrogens (tertiary/aromatic N) is 1. The Morgan fingerprint density at radius 1 is 0.780 bits per heavy atom. The quantitative estimate of drug-likeness (QED) is 0.0547. The highest BCUT2D eigenvalue weighted by Crippen LogP contribution is 2.55. The summed E-state index contributed by atoms with van der Waals surface area (Å²) in [5, 5.41) is 6.83. The van der Waals surface area contributed by atoms with Crippen LogP contribution in [0.3, 0.4) is 0 Å². The molecule has 0 unspecified atom stereocenters. The van der Waals surface area contributed by atoms with Gasteiger partial charge >= 0.3 is 17.9 Å². The Morgan fingerprint density at radius 2 is 1.30 bits per heavy atom. The van der Waals surface area contributed by atoms with Crippen molar-refractivity contribution >= 4 is 35.7 Å². The topological polar surface area (TPSA) is 132 Å². The Hall–Kier alpha value is -5.32. The van der Waals surface area contributed by atoms with Crippen molar-refractivity contribution in [3.8, 4) is 11.5 Å². The highest BCUT2D eigenvalue weighted by Gasteiger charge is 2.49. The highest BCUT2D eigenvalue weighted by molar-refractivity contribution is 5.87. The van der Waals surface area contributed by atoms with E-state index in [0.717, 1.165) is 64.3 Å². The van der Waals surface area contributed by atoms with Gasteiger partial charge in [0.2, 0.25) is 6.41 Å². The van der Waals surface area contributed by atoms with E-state index in [0.29, 0.717) is 11.5 Å². The van der Waals surface area contributed by atoms with Crippen LogP contribution in [0.2, 0.25) is 0 Å². The van der Waals surface area contributed by atoms with Crippen LogP contribution in [-0.4, -0.2) is 68.7 Å². The van der Waals surface area contributed by atoms with Crippen LogP contribution in [0.1, 0.15) is 67.0 Å². The zero-order chi connectivity index (χ0) is 36.4. The number of fused-ring (bicyclic) bond motifs is 2. The first-order valence-corrected chi connectivity index (χ1v) is 16.9. The van der Waals surface area contributed by atoms with Crippen LogP contribution in [0.25, 0.3) is 0 Å². The van der Waals surface area contributed by atoms with Gasteiger partial charge in [0.25, 0.3) is 0 Å². The van der Waals surface area contributed by atoms with Gasteiger partial charge in [-0.15, -0.1) is 0 Å². The summed E-state index contributed by atoms with van der Waals surface area (Å²) in [4.78, 5) is 51.3. The van der Waals surface area contributed by atoms with E-state index in [1.54, 1.807) is 4.90 Å². The number of benzene rings is 3. The molecule has 11 nitrogen and oxygen atoms in total. The van der Waals surface area contributed by atoms with E-state index < -0.39 is 23.4 Å². The molecule has 1 aliphatic heterocycles. The first-order chi connectivity index (χ1) is 24.0. The van der Waals surface area contributed by atoms with Crippen molar-refractivity contribution in [3.05, 3.63) is 94.1 Å². The third-order valence-corrected chi connectivity index (χ3v) is 8.54. The summed E-state index contributed by atoms with van der Waals surface area (Å²) in [5.41, 5.74) is 6.31. The average Bonchev–Trinajstić information content (AvgIpc) is 3.08. The van der Waals surface area contributed by atoms with Gasteiger partial charge in [-0.1, -0.05) is 30.8 Å². The van der Waals surface area contributed by atoms with Gasteiger partial charge in [0, 0.05) is 53.3 Å². The van der Waals surface area contributed by atoms with Crippen LogP contribution >= 0.6 is 0 Å². The molecule has 0 saturated heterocycles. The molecule has 50 heavy (non-hydrogen) atoms. The third kappa shape index (κ3) is 8.10. The third-order valence-electron chi connectivity index (χ3n) is 8.54. The lowest BCUT2D eigenvalue weighted by molar-refractivity contribution is -0.153. The molecule has 0 radical (unpaired) electrons. The normalized spacial score (nSPS) is 12.4. The van der Waals surface area contributed by atoms with E-state index in [-0.39, 0.29) is 44.8 Å². The van der Waals surface area contributed by atoms with E-state index in [4.69, 9.17) is 18.9 Å². The fourth-order valence-electron chi connectivity index (χ4n) is 6.19. The number of hydrogen-bond donors (Lipinski definition) is 2. The first kappa shape index (κ1) is 37.5. The molecule has 4 rings (SSSR count). The van der Waals surface area contributed by atoms with Crippen molar-refractivity contribution in [2.45, 2.75) is 59.9 Å². The molecule has 1 amide bonds. The number of esters is 3. The van der Waals surface area contributed by atoms with Gasteiger partial charge in [-0.05, 0) is 75.9 Å². The van der Waals surface area contributed by atoms with Crippen molar-refractivity contribution in [2.24, 2.45) is 0 Å². The van der Waals surface area contributed by atoms with Crippen LogP contribution in [0.5, 0.6) is 11.5 Å². The monoisotopic (exact) mass is 685 g/mol. The van der Waals surface area contributed by atoms with Gasteiger partial charge in [-0.3, -0.25) is 14.4 Å². The number of aryl methyl sites for hydroxylation is 3. The Morgan fingerprint density at radius 3 is 1.80 bits per heavy atom. The molecule has 2 N–H and O–H groups in total.